The monoisotopic (exact) mass is 487 g/mol. The number of carbonyl (C=O) groups excluding carboxylic acids is 2. The van der Waals surface area contributed by atoms with Crippen molar-refractivity contribution in [3.05, 3.63) is 94.5 Å². The van der Waals surface area contributed by atoms with Gasteiger partial charge in [-0.25, -0.2) is 0 Å². The van der Waals surface area contributed by atoms with Crippen molar-refractivity contribution >= 4 is 34.8 Å². The van der Waals surface area contributed by atoms with E-state index in [0.29, 0.717) is 34.2 Å². The van der Waals surface area contributed by atoms with Crippen LogP contribution in [0.1, 0.15) is 23.7 Å². The van der Waals surface area contributed by atoms with Gasteiger partial charge in [-0.05, 0) is 48.5 Å². The first-order valence-corrected chi connectivity index (χ1v) is 11.8. The molecule has 0 radical (unpaired) electrons. The second-order valence-corrected chi connectivity index (χ2v) is 8.41. The van der Waals surface area contributed by atoms with Crippen molar-refractivity contribution in [3.8, 4) is 17.1 Å². The molecule has 9 nitrogen and oxygen atoms in total. The van der Waals surface area contributed by atoms with Crippen LogP contribution in [0.3, 0.4) is 0 Å². The van der Waals surface area contributed by atoms with Gasteiger partial charge < -0.3 is 5.32 Å². The van der Waals surface area contributed by atoms with Crippen LogP contribution < -0.4 is 5.32 Å². The summed E-state index contributed by atoms with van der Waals surface area (Å²) in [5.41, 5.74) is 2.61. The number of hydrogen-bond donors (Lipinski definition) is 1. The van der Waals surface area contributed by atoms with Crippen molar-refractivity contribution in [1.82, 2.24) is 14.8 Å². The first-order chi connectivity index (χ1) is 17.0. The summed E-state index contributed by atoms with van der Waals surface area (Å²) in [7, 11) is 0. The number of non-ortho nitro benzene ring substituents is 1. The number of nitro groups is 1. The minimum absolute atomic E-state index is 0.0139. The van der Waals surface area contributed by atoms with E-state index in [1.165, 1.54) is 23.9 Å². The Kier molecular flexibility index (Phi) is 7.32. The van der Waals surface area contributed by atoms with Crippen LogP contribution in [0.15, 0.2) is 84.0 Å². The fraction of sp³-hybridized carbons (Fsp3) is 0.120. The van der Waals surface area contributed by atoms with Crippen molar-refractivity contribution in [2.24, 2.45) is 0 Å². The Hall–Kier alpha value is -4.31. The van der Waals surface area contributed by atoms with Crippen molar-refractivity contribution in [2.45, 2.75) is 18.5 Å². The van der Waals surface area contributed by atoms with Crippen LogP contribution in [-0.4, -0.2) is 37.1 Å². The highest BCUT2D eigenvalue weighted by molar-refractivity contribution is 7.99. The molecule has 35 heavy (non-hydrogen) atoms. The lowest BCUT2D eigenvalue weighted by Gasteiger charge is -2.10. The van der Waals surface area contributed by atoms with Crippen LogP contribution in [-0.2, 0) is 4.79 Å². The molecule has 0 bridgehead atoms. The van der Waals surface area contributed by atoms with E-state index in [-0.39, 0.29) is 23.1 Å². The zero-order chi connectivity index (χ0) is 24.8. The van der Waals surface area contributed by atoms with Gasteiger partial charge in [-0.2, -0.15) is 0 Å². The van der Waals surface area contributed by atoms with E-state index in [1.807, 2.05) is 34.9 Å². The lowest BCUT2D eigenvalue weighted by atomic mass is 10.1. The largest absolute Gasteiger partial charge is 0.326 e. The van der Waals surface area contributed by atoms with Gasteiger partial charge in [0.15, 0.2) is 16.8 Å². The third kappa shape index (κ3) is 5.61. The van der Waals surface area contributed by atoms with E-state index >= 15 is 0 Å². The molecule has 1 heterocycles. The number of carbonyl (C=O) groups is 2. The third-order valence-electron chi connectivity index (χ3n) is 5.13. The van der Waals surface area contributed by atoms with Crippen molar-refractivity contribution in [1.29, 1.82) is 0 Å². The Morgan fingerprint density at radius 3 is 2.29 bits per heavy atom. The zero-order valence-corrected chi connectivity index (χ0v) is 19.6. The minimum atomic E-state index is -0.455. The van der Waals surface area contributed by atoms with Gasteiger partial charge in [0.05, 0.1) is 10.7 Å². The highest BCUT2D eigenvalue weighted by Crippen LogP contribution is 2.29. The summed E-state index contributed by atoms with van der Waals surface area (Å²) in [6.07, 6.45) is 0.376. The van der Waals surface area contributed by atoms with E-state index < -0.39 is 4.92 Å². The summed E-state index contributed by atoms with van der Waals surface area (Å²) in [6.45, 7) is 1.77. The predicted molar refractivity (Wildman–Crippen MR) is 134 cm³/mol. The number of benzene rings is 3. The number of rotatable bonds is 9. The summed E-state index contributed by atoms with van der Waals surface area (Å²) in [5, 5.41) is 22.9. The zero-order valence-electron chi connectivity index (χ0n) is 18.7. The number of amides is 1. The first kappa shape index (κ1) is 23.8. The molecule has 0 unspecified atom stereocenters. The molecule has 4 rings (SSSR count). The van der Waals surface area contributed by atoms with Gasteiger partial charge in [-0.15, -0.1) is 10.2 Å². The molecule has 176 valence electrons. The molecule has 0 fully saturated rings. The van der Waals surface area contributed by atoms with Gasteiger partial charge >= 0.3 is 0 Å². The molecular weight excluding hydrogens is 466 g/mol. The Balaban J connectivity index is 1.56. The third-order valence-corrected chi connectivity index (χ3v) is 6.06. The number of nitrogens with zero attached hydrogens (tertiary/aromatic N) is 4. The minimum Gasteiger partial charge on any atom is -0.326 e. The number of hydrogen-bond acceptors (Lipinski definition) is 7. The Labute approximate surface area is 205 Å². The number of thioether (sulfide) groups is 1. The molecular formula is C25H21N5O4S. The standard InChI is InChI=1S/C25H21N5O4S/c1-2-23(32)26-19-12-8-17(9-13-19)22(31)16-35-25-28-27-24(29(25)20-6-4-3-5-7-20)18-10-14-21(15-11-18)30(33)34/h3-15H,2,16H2,1H3,(H,26,32). The van der Waals surface area contributed by atoms with Gasteiger partial charge in [0.2, 0.25) is 5.91 Å². The maximum atomic E-state index is 12.8. The van der Waals surface area contributed by atoms with E-state index in [1.54, 1.807) is 43.3 Å². The molecule has 0 aliphatic heterocycles. The van der Waals surface area contributed by atoms with Gasteiger partial charge in [0.25, 0.3) is 5.69 Å². The van der Waals surface area contributed by atoms with Gasteiger partial charge in [-0.3, -0.25) is 24.3 Å². The molecule has 1 aromatic heterocycles. The molecule has 0 saturated heterocycles. The molecule has 0 aliphatic rings. The molecule has 0 atom stereocenters. The number of aromatic nitrogens is 3. The van der Waals surface area contributed by atoms with Crippen LogP contribution in [0.4, 0.5) is 11.4 Å². The van der Waals surface area contributed by atoms with Crippen molar-refractivity contribution in [2.75, 3.05) is 11.1 Å². The van der Waals surface area contributed by atoms with Gasteiger partial charge in [-0.1, -0.05) is 36.9 Å². The van der Waals surface area contributed by atoms with E-state index in [4.69, 9.17) is 0 Å². The average Bonchev–Trinajstić information content (AvgIpc) is 3.32. The first-order valence-electron chi connectivity index (χ1n) is 10.8. The number of nitrogens with one attached hydrogen (secondary N) is 1. The quantitative estimate of drug-likeness (QED) is 0.150. The number of nitro benzene ring substituents is 1. The lowest BCUT2D eigenvalue weighted by molar-refractivity contribution is -0.384. The van der Waals surface area contributed by atoms with E-state index in [2.05, 4.69) is 15.5 Å². The van der Waals surface area contributed by atoms with Crippen LogP contribution >= 0.6 is 11.8 Å². The highest BCUT2D eigenvalue weighted by Gasteiger charge is 2.18. The second-order valence-electron chi connectivity index (χ2n) is 7.47. The van der Waals surface area contributed by atoms with Gasteiger partial charge in [0, 0.05) is 41.1 Å². The molecule has 10 heteroatoms. The van der Waals surface area contributed by atoms with E-state index in [9.17, 15) is 19.7 Å². The van der Waals surface area contributed by atoms with Crippen molar-refractivity contribution < 1.29 is 14.5 Å². The molecule has 4 aromatic rings. The topological polar surface area (TPSA) is 120 Å². The maximum Gasteiger partial charge on any atom is 0.269 e. The van der Waals surface area contributed by atoms with Crippen LogP contribution in [0.5, 0.6) is 0 Å². The highest BCUT2D eigenvalue weighted by atomic mass is 32.2. The lowest BCUT2D eigenvalue weighted by Crippen LogP contribution is -2.10. The summed E-state index contributed by atoms with van der Waals surface area (Å²) in [4.78, 5) is 34.9. The summed E-state index contributed by atoms with van der Waals surface area (Å²) >= 11 is 1.25. The molecule has 3 aromatic carbocycles. The van der Waals surface area contributed by atoms with Crippen LogP contribution in [0.2, 0.25) is 0 Å². The number of Topliss-reactive ketones (excluding diaryl/α,β-unsaturated/α-hetero) is 1. The summed E-state index contributed by atoms with van der Waals surface area (Å²) in [6, 6.07) is 22.3. The predicted octanol–water partition coefficient (Wildman–Crippen LogP) is 5.17. The summed E-state index contributed by atoms with van der Waals surface area (Å²) < 4.78 is 1.82. The number of anilines is 1. The molecule has 0 aliphatic carbocycles. The Bertz CT molecular complexity index is 1350. The second kappa shape index (κ2) is 10.7. The fourth-order valence-electron chi connectivity index (χ4n) is 3.29. The molecule has 0 saturated carbocycles. The van der Waals surface area contributed by atoms with Gasteiger partial charge in [0.1, 0.15) is 0 Å². The van der Waals surface area contributed by atoms with Crippen molar-refractivity contribution in [3.63, 3.8) is 0 Å². The number of para-hydroxylation sites is 1. The van der Waals surface area contributed by atoms with Crippen LogP contribution in [0, 0.1) is 10.1 Å². The number of ketones is 1. The van der Waals surface area contributed by atoms with Crippen LogP contribution in [0.25, 0.3) is 17.1 Å². The maximum absolute atomic E-state index is 12.8. The SMILES string of the molecule is CCC(=O)Nc1ccc(C(=O)CSc2nnc(-c3ccc([N+](=O)[O-])cc3)n2-c2ccccc2)cc1. The molecule has 0 spiro atoms. The average molecular weight is 488 g/mol. The fourth-order valence-corrected chi connectivity index (χ4v) is 4.14. The smallest absolute Gasteiger partial charge is 0.269 e. The molecule has 1 N–H and O–H groups in total. The normalized spacial score (nSPS) is 10.7. The molecule has 1 amide bonds. The Morgan fingerprint density at radius 1 is 0.971 bits per heavy atom. The summed E-state index contributed by atoms with van der Waals surface area (Å²) in [5.74, 6) is 0.454. The van der Waals surface area contributed by atoms with E-state index in [0.717, 1.165) is 5.69 Å². The Morgan fingerprint density at radius 2 is 1.66 bits per heavy atom.